The molecule has 0 bridgehead atoms. The molecule has 0 radical (unpaired) electrons. The molecule has 0 atom stereocenters. The molecule has 0 aliphatic carbocycles. The van der Waals surface area contributed by atoms with Crippen LogP contribution in [0.4, 0.5) is 0 Å². The minimum Gasteiger partial charge on any atom is -0.492 e. The average molecular weight is 372 g/mol. The fraction of sp³-hybridized carbons (Fsp3) is 0.526. The summed E-state index contributed by atoms with van der Waals surface area (Å²) in [6.07, 6.45) is 3.76. The van der Waals surface area contributed by atoms with Crippen LogP contribution < -0.4 is 15.4 Å². The first kappa shape index (κ1) is 19.3. The quantitative estimate of drug-likeness (QED) is 0.721. The lowest BCUT2D eigenvalue weighted by atomic mass is 10.1. The molecule has 8 heteroatoms. The van der Waals surface area contributed by atoms with Gasteiger partial charge in [0, 0.05) is 13.1 Å². The number of carbonyl (C=O) groups is 1. The summed E-state index contributed by atoms with van der Waals surface area (Å²) in [6, 6.07) is 8.07. The van der Waals surface area contributed by atoms with Crippen molar-refractivity contribution >= 4 is 5.91 Å². The van der Waals surface area contributed by atoms with Gasteiger partial charge in [-0.2, -0.15) is 0 Å². The predicted octanol–water partition coefficient (Wildman–Crippen LogP) is 1.07. The summed E-state index contributed by atoms with van der Waals surface area (Å²) in [6.45, 7) is 3.91. The van der Waals surface area contributed by atoms with Crippen LogP contribution in [0, 0.1) is 0 Å². The van der Waals surface area contributed by atoms with E-state index in [1.807, 2.05) is 43.0 Å². The van der Waals surface area contributed by atoms with Gasteiger partial charge in [0.2, 0.25) is 0 Å². The number of piperidine rings is 1. The summed E-state index contributed by atoms with van der Waals surface area (Å²) in [5.41, 5.74) is 1.37. The zero-order chi connectivity index (χ0) is 19.1. The molecule has 2 N–H and O–H groups in total. The molecule has 0 spiro atoms. The zero-order valence-electron chi connectivity index (χ0n) is 16.0. The summed E-state index contributed by atoms with van der Waals surface area (Å²) >= 11 is 0. The second-order valence-corrected chi connectivity index (χ2v) is 7.04. The number of ether oxygens (including phenoxy) is 1. The Morgan fingerprint density at radius 1 is 1.30 bits per heavy atom. The van der Waals surface area contributed by atoms with Crippen molar-refractivity contribution in [2.45, 2.75) is 25.4 Å². The minimum atomic E-state index is -0.207. The molecule has 1 aromatic carbocycles. The molecule has 27 heavy (non-hydrogen) atoms. The Bertz CT molecular complexity index is 722. The number of nitrogens with zero attached hydrogens (tertiary/aromatic N) is 4. The van der Waals surface area contributed by atoms with Crippen LogP contribution in [0.1, 0.15) is 34.9 Å². The highest BCUT2D eigenvalue weighted by molar-refractivity contribution is 5.91. The van der Waals surface area contributed by atoms with E-state index in [-0.39, 0.29) is 5.91 Å². The van der Waals surface area contributed by atoms with Crippen LogP contribution in [-0.2, 0) is 6.54 Å². The molecule has 2 aromatic rings. The highest BCUT2D eigenvalue weighted by atomic mass is 16.5. The van der Waals surface area contributed by atoms with Crippen LogP contribution in [0.3, 0.4) is 0 Å². The molecule has 1 amide bonds. The highest BCUT2D eigenvalue weighted by Crippen LogP contribution is 2.17. The molecule has 8 nitrogen and oxygen atoms in total. The van der Waals surface area contributed by atoms with Gasteiger partial charge in [-0.15, -0.1) is 5.10 Å². The van der Waals surface area contributed by atoms with Crippen LogP contribution in [0.25, 0.3) is 0 Å². The van der Waals surface area contributed by atoms with Gasteiger partial charge < -0.3 is 20.3 Å². The minimum absolute atomic E-state index is 0.207. The first-order valence-corrected chi connectivity index (χ1v) is 9.39. The number of carbonyl (C=O) groups excluding carboxylic acids is 1. The standard InChI is InChI=1S/C19H28N6O2/c1-24(2)11-12-27-17-5-3-15(4-6-17)13-21-19(26)18-14-25(23-22-18)16-7-9-20-10-8-16/h3-6,14,16,20H,7-13H2,1-2H3,(H,21,26). The topological polar surface area (TPSA) is 84.3 Å². The van der Waals surface area contributed by atoms with Gasteiger partial charge in [-0.3, -0.25) is 4.79 Å². The molecule has 2 heterocycles. The summed E-state index contributed by atoms with van der Waals surface area (Å²) in [5, 5.41) is 14.4. The van der Waals surface area contributed by atoms with Crippen molar-refractivity contribution in [2.75, 3.05) is 40.3 Å². The maximum atomic E-state index is 12.3. The first-order chi connectivity index (χ1) is 13.1. The number of hydrogen-bond acceptors (Lipinski definition) is 6. The van der Waals surface area contributed by atoms with E-state index in [9.17, 15) is 4.79 Å². The third-order valence-corrected chi connectivity index (χ3v) is 4.61. The summed E-state index contributed by atoms with van der Waals surface area (Å²) < 4.78 is 7.49. The predicted molar refractivity (Wildman–Crippen MR) is 103 cm³/mol. The lowest BCUT2D eigenvalue weighted by molar-refractivity contribution is 0.0946. The smallest absolute Gasteiger partial charge is 0.273 e. The summed E-state index contributed by atoms with van der Waals surface area (Å²) in [5.74, 6) is 0.623. The number of benzene rings is 1. The van der Waals surface area contributed by atoms with Crippen LogP contribution in [0.5, 0.6) is 5.75 Å². The molecule has 0 saturated carbocycles. The Labute approximate surface area is 159 Å². The molecule has 1 fully saturated rings. The van der Waals surface area contributed by atoms with E-state index in [4.69, 9.17) is 4.74 Å². The van der Waals surface area contributed by atoms with Gasteiger partial charge in [-0.25, -0.2) is 4.68 Å². The Kier molecular flexibility index (Phi) is 6.78. The molecule has 1 aliphatic heterocycles. The van der Waals surface area contributed by atoms with Crippen molar-refractivity contribution in [2.24, 2.45) is 0 Å². The molecule has 1 saturated heterocycles. The van der Waals surface area contributed by atoms with Gasteiger partial charge in [-0.05, 0) is 57.7 Å². The molecular formula is C19H28N6O2. The van der Waals surface area contributed by atoms with Gasteiger partial charge in [0.15, 0.2) is 5.69 Å². The monoisotopic (exact) mass is 372 g/mol. The number of hydrogen-bond donors (Lipinski definition) is 2. The second kappa shape index (κ2) is 9.48. The number of amides is 1. The third-order valence-electron chi connectivity index (χ3n) is 4.61. The first-order valence-electron chi connectivity index (χ1n) is 9.39. The Morgan fingerprint density at radius 3 is 2.74 bits per heavy atom. The summed E-state index contributed by atoms with van der Waals surface area (Å²) in [4.78, 5) is 14.4. The van der Waals surface area contributed by atoms with Gasteiger partial charge in [-0.1, -0.05) is 17.3 Å². The SMILES string of the molecule is CN(C)CCOc1ccc(CNC(=O)c2cn(C3CCNCC3)nn2)cc1. The maximum Gasteiger partial charge on any atom is 0.273 e. The van der Waals surface area contributed by atoms with Crippen molar-refractivity contribution in [3.05, 3.63) is 41.7 Å². The van der Waals surface area contributed by atoms with E-state index in [1.54, 1.807) is 6.20 Å². The lowest BCUT2D eigenvalue weighted by Crippen LogP contribution is -2.29. The number of likely N-dealkylation sites (N-methyl/N-ethyl adjacent to an activating group) is 1. The molecule has 3 rings (SSSR count). The van der Waals surface area contributed by atoms with Crippen LogP contribution in [-0.4, -0.2) is 66.1 Å². The van der Waals surface area contributed by atoms with Crippen molar-refractivity contribution in [3.8, 4) is 5.75 Å². The molecular weight excluding hydrogens is 344 g/mol. The number of rotatable bonds is 8. The largest absolute Gasteiger partial charge is 0.492 e. The van der Waals surface area contributed by atoms with Crippen LogP contribution in [0.15, 0.2) is 30.5 Å². The van der Waals surface area contributed by atoms with Gasteiger partial charge in [0.1, 0.15) is 12.4 Å². The molecule has 0 unspecified atom stereocenters. The third kappa shape index (κ3) is 5.77. The Morgan fingerprint density at radius 2 is 2.04 bits per heavy atom. The molecule has 1 aromatic heterocycles. The van der Waals surface area contributed by atoms with E-state index in [2.05, 4.69) is 25.8 Å². The van der Waals surface area contributed by atoms with Crippen LogP contribution >= 0.6 is 0 Å². The van der Waals surface area contributed by atoms with E-state index >= 15 is 0 Å². The Balaban J connectivity index is 1.46. The Hall–Kier alpha value is -2.45. The maximum absolute atomic E-state index is 12.3. The fourth-order valence-electron chi connectivity index (χ4n) is 2.95. The summed E-state index contributed by atoms with van der Waals surface area (Å²) in [7, 11) is 4.03. The molecule has 146 valence electrons. The average Bonchev–Trinajstić information content (AvgIpc) is 3.18. The van der Waals surface area contributed by atoms with Gasteiger partial charge >= 0.3 is 0 Å². The second-order valence-electron chi connectivity index (χ2n) is 7.04. The zero-order valence-corrected chi connectivity index (χ0v) is 16.0. The van der Waals surface area contributed by atoms with E-state index in [0.717, 1.165) is 43.8 Å². The van der Waals surface area contributed by atoms with Crippen LogP contribution in [0.2, 0.25) is 0 Å². The van der Waals surface area contributed by atoms with E-state index in [1.165, 1.54) is 0 Å². The number of aromatic nitrogens is 3. The van der Waals surface area contributed by atoms with Crippen molar-refractivity contribution in [1.29, 1.82) is 0 Å². The molecule has 1 aliphatic rings. The van der Waals surface area contributed by atoms with Gasteiger partial charge in [0.05, 0.1) is 12.2 Å². The van der Waals surface area contributed by atoms with Gasteiger partial charge in [0.25, 0.3) is 5.91 Å². The van der Waals surface area contributed by atoms with Crippen molar-refractivity contribution in [3.63, 3.8) is 0 Å². The highest BCUT2D eigenvalue weighted by Gasteiger charge is 2.18. The van der Waals surface area contributed by atoms with E-state index in [0.29, 0.717) is 24.9 Å². The lowest BCUT2D eigenvalue weighted by Gasteiger charge is -2.22. The fourth-order valence-corrected chi connectivity index (χ4v) is 2.95. The normalized spacial score (nSPS) is 15.1. The van der Waals surface area contributed by atoms with Crippen molar-refractivity contribution in [1.82, 2.24) is 30.5 Å². The van der Waals surface area contributed by atoms with E-state index < -0.39 is 0 Å². The number of nitrogens with one attached hydrogen (secondary N) is 2. The van der Waals surface area contributed by atoms with Crippen molar-refractivity contribution < 1.29 is 9.53 Å².